The Morgan fingerprint density at radius 2 is 2.18 bits per heavy atom. The molecule has 2 aromatic rings. The lowest BCUT2D eigenvalue weighted by Gasteiger charge is -2.11. The zero-order valence-corrected chi connectivity index (χ0v) is 10.1. The molecule has 0 aliphatic rings. The van der Waals surface area contributed by atoms with Crippen LogP contribution >= 0.6 is 0 Å². The first kappa shape index (κ1) is 11.4. The molecule has 0 saturated carbocycles. The number of aromatic nitrogens is 2. The van der Waals surface area contributed by atoms with Gasteiger partial charge in [-0.05, 0) is 32.9 Å². The number of anilines is 1. The maximum atomic E-state index is 11.3. The van der Waals surface area contributed by atoms with E-state index in [2.05, 4.69) is 15.3 Å². The van der Waals surface area contributed by atoms with Crippen LogP contribution in [0.25, 0.3) is 0 Å². The monoisotopic (exact) mass is 233 g/mol. The Hall–Kier alpha value is -2.04. The summed E-state index contributed by atoms with van der Waals surface area (Å²) >= 11 is 0. The molecule has 90 valence electrons. The fourth-order valence-corrected chi connectivity index (χ4v) is 1.63. The standard InChI is InChI=1S/C12H15N3O2/c1-7-4-5-10(17-7)8(2)13-11-6-12(16)15-9(3)14-11/h4-6,8H,1-3H3,(H2,13,14,15,16). The number of hydrogen-bond acceptors (Lipinski definition) is 4. The molecule has 0 aliphatic heterocycles. The van der Waals surface area contributed by atoms with Crippen LogP contribution in [-0.2, 0) is 0 Å². The second-order valence-electron chi connectivity index (χ2n) is 4.03. The number of aryl methyl sites for hydroxylation is 2. The van der Waals surface area contributed by atoms with Crippen molar-refractivity contribution < 1.29 is 4.42 Å². The van der Waals surface area contributed by atoms with Crippen LogP contribution in [0.4, 0.5) is 5.82 Å². The van der Waals surface area contributed by atoms with E-state index >= 15 is 0 Å². The van der Waals surface area contributed by atoms with Crippen LogP contribution in [0.15, 0.2) is 27.4 Å². The van der Waals surface area contributed by atoms with Crippen LogP contribution in [0, 0.1) is 13.8 Å². The van der Waals surface area contributed by atoms with Crippen molar-refractivity contribution in [1.29, 1.82) is 0 Å². The average Bonchev–Trinajstić information content (AvgIpc) is 2.63. The van der Waals surface area contributed by atoms with E-state index in [1.807, 2.05) is 26.0 Å². The van der Waals surface area contributed by atoms with Crippen LogP contribution < -0.4 is 10.9 Å². The highest BCUT2D eigenvalue weighted by molar-refractivity contribution is 5.35. The molecule has 5 heteroatoms. The van der Waals surface area contributed by atoms with Gasteiger partial charge in [0.15, 0.2) is 0 Å². The van der Waals surface area contributed by atoms with Crippen LogP contribution in [0.5, 0.6) is 0 Å². The molecule has 2 N–H and O–H groups in total. The van der Waals surface area contributed by atoms with E-state index in [9.17, 15) is 4.79 Å². The second-order valence-corrected chi connectivity index (χ2v) is 4.03. The molecular weight excluding hydrogens is 218 g/mol. The average molecular weight is 233 g/mol. The van der Waals surface area contributed by atoms with E-state index in [0.29, 0.717) is 11.6 Å². The van der Waals surface area contributed by atoms with Crippen LogP contribution in [0.3, 0.4) is 0 Å². The molecule has 2 heterocycles. The SMILES string of the molecule is Cc1nc(NC(C)c2ccc(C)o2)cc(=O)[nH]1. The number of furan rings is 1. The van der Waals surface area contributed by atoms with Gasteiger partial charge < -0.3 is 14.7 Å². The lowest BCUT2D eigenvalue weighted by molar-refractivity contribution is 0.466. The van der Waals surface area contributed by atoms with E-state index in [0.717, 1.165) is 11.5 Å². The lowest BCUT2D eigenvalue weighted by Crippen LogP contribution is -2.13. The van der Waals surface area contributed by atoms with Crippen molar-refractivity contribution in [1.82, 2.24) is 9.97 Å². The predicted molar refractivity (Wildman–Crippen MR) is 65.1 cm³/mol. The summed E-state index contributed by atoms with van der Waals surface area (Å²) in [7, 11) is 0. The van der Waals surface area contributed by atoms with Crippen molar-refractivity contribution in [3.8, 4) is 0 Å². The number of rotatable bonds is 3. The maximum Gasteiger partial charge on any atom is 0.252 e. The number of aromatic amines is 1. The highest BCUT2D eigenvalue weighted by Gasteiger charge is 2.10. The Morgan fingerprint density at radius 1 is 1.41 bits per heavy atom. The Balaban J connectivity index is 2.18. The van der Waals surface area contributed by atoms with E-state index < -0.39 is 0 Å². The summed E-state index contributed by atoms with van der Waals surface area (Å²) in [5, 5.41) is 3.13. The van der Waals surface area contributed by atoms with E-state index in [1.165, 1.54) is 6.07 Å². The molecule has 2 aromatic heterocycles. The zero-order valence-electron chi connectivity index (χ0n) is 10.1. The van der Waals surface area contributed by atoms with Crippen LogP contribution in [0.1, 0.15) is 30.3 Å². The first-order valence-corrected chi connectivity index (χ1v) is 5.45. The zero-order chi connectivity index (χ0) is 12.4. The van der Waals surface area contributed by atoms with Crippen molar-refractivity contribution in [3.05, 3.63) is 45.9 Å². The van der Waals surface area contributed by atoms with Gasteiger partial charge in [-0.15, -0.1) is 0 Å². The summed E-state index contributed by atoms with van der Waals surface area (Å²) in [4.78, 5) is 18.1. The highest BCUT2D eigenvalue weighted by Crippen LogP contribution is 2.19. The van der Waals surface area contributed by atoms with Crippen LogP contribution in [0.2, 0.25) is 0 Å². The minimum Gasteiger partial charge on any atom is -0.464 e. The summed E-state index contributed by atoms with van der Waals surface area (Å²) in [6, 6.07) is 5.22. The first-order chi connectivity index (χ1) is 8.04. The second kappa shape index (κ2) is 4.45. The fourth-order valence-electron chi connectivity index (χ4n) is 1.63. The molecular formula is C12H15N3O2. The van der Waals surface area contributed by atoms with Gasteiger partial charge in [0.1, 0.15) is 23.2 Å². The minimum absolute atomic E-state index is 0.0302. The van der Waals surface area contributed by atoms with Crippen molar-refractivity contribution in [2.24, 2.45) is 0 Å². The summed E-state index contributed by atoms with van der Waals surface area (Å²) in [5.41, 5.74) is -0.164. The number of hydrogen-bond donors (Lipinski definition) is 2. The van der Waals surface area contributed by atoms with E-state index in [4.69, 9.17) is 4.42 Å². The molecule has 0 radical (unpaired) electrons. The molecule has 1 atom stereocenters. The minimum atomic E-state index is -0.164. The van der Waals surface area contributed by atoms with Gasteiger partial charge in [-0.2, -0.15) is 0 Å². The van der Waals surface area contributed by atoms with Gasteiger partial charge in [0.25, 0.3) is 5.56 Å². The van der Waals surface area contributed by atoms with Crippen molar-refractivity contribution >= 4 is 5.82 Å². The first-order valence-electron chi connectivity index (χ1n) is 5.45. The molecule has 0 aliphatic carbocycles. The molecule has 0 saturated heterocycles. The Bertz CT molecular complexity index is 571. The Kier molecular flexibility index (Phi) is 2.99. The summed E-state index contributed by atoms with van der Waals surface area (Å²) in [6.07, 6.45) is 0. The molecule has 5 nitrogen and oxygen atoms in total. The van der Waals surface area contributed by atoms with Gasteiger partial charge in [0.2, 0.25) is 0 Å². The number of nitrogens with one attached hydrogen (secondary N) is 2. The molecule has 0 fully saturated rings. The van der Waals surface area contributed by atoms with Gasteiger partial charge in [0, 0.05) is 6.07 Å². The highest BCUT2D eigenvalue weighted by atomic mass is 16.3. The molecule has 1 unspecified atom stereocenters. The predicted octanol–water partition coefficient (Wildman–Crippen LogP) is 2.15. The molecule has 2 rings (SSSR count). The third-order valence-electron chi connectivity index (χ3n) is 2.41. The maximum absolute atomic E-state index is 11.3. The van der Waals surface area contributed by atoms with Gasteiger partial charge in [-0.25, -0.2) is 4.98 Å². The molecule has 0 bridgehead atoms. The quantitative estimate of drug-likeness (QED) is 0.852. The molecule has 0 amide bonds. The summed E-state index contributed by atoms with van der Waals surface area (Å²) in [5.74, 6) is 2.82. The van der Waals surface area contributed by atoms with Gasteiger partial charge in [-0.3, -0.25) is 4.79 Å². The largest absolute Gasteiger partial charge is 0.464 e. The molecule has 17 heavy (non-hydrogen) atoms. The lowest BCUT2D eigenvalue weighted by atomic mass is 10.2. The summed E-state index contributed by atoms with van der Waals surface area (Å²) < 4.78 is 5.50. The number of nitrogens with zero attached hydrogens (tertiary/aromatic N) is 1. The van der Waals surface area contributed by atoms with E-state index in [1.54, 1.807) is 6.92 Å². The molecule has 0 spiro atoms. The normalized spacial score (nSPS) is 12.4. The Morgan fingerprint density at radius 3 is 2.76 bits per heavy atom. The van der Waals surface area contributed by atoms with Crippen LogP contribution in [-0.4, -0.2) is 9.97 Å². The summed E-state index contributed by atoms with van der Waals surface area (Å²) in [6.45, 7) is 5.59. The van der Waals surface area contributed by atoms with E-state index in [-0.39, 0.29) is 11.6 Å². The fraction of sp³-hybridized carbons (Fsp3) is 0.333. The van der Waals surface area contributed by atoms with Gasteiger partial charge in [0.05, 0.1) is 6.04 Å². The topological polar surface area (TPSA) is 70.9 Å². The van der Waals surface area contributed by atoms with Gasteiger partial charge in [-0.1, -0.05) is 0 Å². The third kappa shape index (κ3) is 2.75. The number of H-pyrrole nitrogens is 1. The molecule has 0 aromatic carbocycles. The Labute approximate surface area is 98.9 Å². The van der Waals surface area contributed by atoms with Crippen molar-refractivity contribution in [2.45, 2.75) is 26.8 Å². The third-order valence-corrected chi connectivity index (χ3v) is 2.41. The smallest absolute Gasteiger partial charge is 0.252 e. The van der Waals surface area contributed by atoms with Gasteiger partial charge >= 0.3 is 0 Å². The van der Waals surface area contributed by atoms with Crippen molar-refractivity contribution in [3.63, 3.8) is 0 Å². The van der Waals surface area contributed by atoms with Crippen molar-refractivity contribution in [2.75, 3.05) is 5.32 Å².